The minimum absolute atomic E-state index is 0.266. The molecule has 1 N–H and O–H groups in total. The fourth-order valence-electron chi connectivity index (χ4n) is 1.59. The Morgan fingerprint density at radius 3 is 2.73 bits per heavy atom. The summed E-state index contributed by atoms with van der Waals surface area (Å²) in [7, 11) is 0. The molecule has 22 heavy (non-hydrogen) atoms. The fourth-order valence-corrected chi connectivity index (χ4v) is 2.23. The van der Waals surface area contributed by atoms with Gasteiger partial charge in [-0.25, -0.2) is 10.2 Å². The number of halogens is 3. The van der Waals surface area contributed by atoms with Crippen molar-refractivity contribution in [3.05, 3.63) is 45.1 Å². The molecule has 0 radical (unpaired) electrons. The second-order valence-electron chi connectivity index (χ2n) is 4.04. The quantitative estimate of drug-likeness (QED) is 0.474. The lowest BCUT2D eigenvalue weighted by Gasteiger charge is -2.03. The van der Waals surface area contributed by atoms with E-state index in [9.17, 15) is 4.79 Å². The van der Waals surface area contributed by atoms with Crippen molar-refractivity contribution in [2.75, 3.05) is 6.61 Å². The first-order valence-corrected chi connectivity index (χ1v) is 7.35. The molecule has 0 spiro atoms. The minimum Gasteiger partial charge on any atom is -0.455 e. The number of hydrazone groups is 1. The van der Waals surface area contributed by atoms with E-state index in [1.165, 1.54) is 6.21 Å². The van der Waals surface area contributed by atoms with Crippen LogP contribution in [0, 0.1) is 0 Å². The summed E-state index contributed by atoms with van der Waals surface area (Å²) in [5, 5.41) is 4.85. The standard InChI is InChI=1S/C14H11Cl3N2O3/c1-2-21-14(20)19-18-7-8-3-4-13(22-8)9-5-11(16)12(17)6-10(9)15/h3-7H,2H2,1H3,(H,19,20). The van der Waals surface area contributed by atoms with Gasteiger partial charge in [0.15, 0.2) is 0 Å². The molecule has 2 rings (SSSR count). The largest absolute Gasteiger partial charge is 0.455 e. The number of hydrogen-bond donors (Lipinski definition) is 1. The van der Waals surface area contributed by atoms with Crippen molar-refractivity contribution in [2.24, 2.45) is 5.10 Å². The van der Waals surface area contributed by atoms with Crippen molar-refractivity contribution < 1.29 is 13.9 Å². The Morgan fingerprint density at radius 1 is 1.27 bits per heavy atom. The Hall–Kier alpha value is -1.69. The van der Waals surface area contributed by atoms with Gasteiger partial charge in [0, 0.05) is 5.56 Å². The highest BCUT2D eigenvalue weighted by molar-refractivity contribution is 6.44. The Morgan fingerprint density at radius 2 is 2.00 bits per heavy atom. The van der Waals surface area contributed by atoms with Gasteiger partial charge in [0.2, 0.25) is 0 Å². The van der Waals surface area contributed by atoms with Crippen molar-refractivity contribution >= 4 is 47.1 Å². The van der Waals surface area contributed by atoms with E-state index in [4.69, 9.17) is 39.2 Å². The van der Waals surface area contributed by atoms with E-state index in [1.54, 1.807) is 31.2 Å². The Kier molecular flexibility index (Phi) is 5.71. The summed E-state index contributed by atoms with van der Waals surface area (Å²) in [6.07, 6.45) is 0.698. The van der Waals surface area contributed by atoms with E-state index in [1.807, 2.05) is 0 Å². The molecule has 0 saturated heterocycles. The molecule has 1 aromatic carbocycles. The van der Waals surface area contributed by atoms with Crippen LogP contribution >= 0.6 is 34.8 Å². The smallest absolute Gasteiger partial charge is 0.427 e. The molecule has 8 heteroatoms. The summed E-state index contributed by atoms with van der Waals surface area (Å²) in [5.74, 6) is 0.926. The van der Waals surface area contributed by atoms with Gasteiger partial charge in [-0.2, -0.15) is 5.10 Å². The second kappa shape index (κ2) is 7.54. The van der Waals surface area contributed by atoms with Gasteiger partial charge in [-0.3, -0.25) is 0 Å². The lowest BCUT2D eigenvalue weighted by molar-refractivity contribution is 0.152. The molecule has 0 atom stereocenters. The molecule has 0 aliphatic heterocycles. The Bertz CT molecular complexity index is 713. The van der Waals surface area contributed by atoms with E-state index in [2.05, 4.69) is 15.3 Å². The average Bonchev–Trinajstić information content (AvgIpc) is 2.92. The predicted molar refractivity (Wildman–Crippen MR) is 86.9 cm³/mol. The minimum atomic E-state index is -0.641. The van der Waals surface area contributed by atoms with E-state index in [-0.39, 0.29) is 6.61 Å². The Balaban J connectivity index is 2.13. The Labute approximate surface area is 141 Å². The molecule has 0 aliphatic carbocycles. The number of furan rings is 1. The first kappa shape index (κ1) is 16.7. The van der Waals surface area contributed by atoms with Gasteiger partial charge in [0.05, 0.1) is 27.9 Å². The van der Waals surface area contributed by atoms with Crippen molar-refractivity contribution in [1.29, 1.82) is 0 Å². The third-order valence-corrected chi connectivity index (χ3v) is 3.56. The van der Waals surface area contributed by atoms with Crippen LogP contribution in [0.2, 0.25) is 15.1 Å². The number of nitrogens with zero attached hydrogens (tertiary/aromatic N) is 1. The van der Waals surface area contributed by atoms with Gasteiger partial charge in [-0.15, -0.1) is 0 Å². The molecule has 0 bridgehead atoms. The number of carbonyl (C=O) groups is 1. The van der Waals surface area contributed by atoms with Crippen LogP contribution < -0.4 is 5.43 Å². The molecular weight excluding hydrogens is 351 g/mol. The zero-order valence-corrected chi connectivity index (χ0v) is 13.7. The van der Waals surface area contributed by atoms with Gasteiger partial charge >= 0.3 is 6.09 Å². The summed E-state index contributed by atoms with van der Waals surface area (Å²) in [5.41, 5.74) is 2.80. The molecule has 0 aliphatic rings. The van der Waals surface area contributed by atoms with Crippen LogP contribution in [0.25, 0.3) is 11.3 Å². The number of carbonyl (C=O) groups excluding carboxylic acids is 1. The van der Waals surface area contributed by atoms with Crippen molar-refractivity contribution in [1.82, 2.24) is 5.43 Å². The maximum absolute atomic E-state index is 11.1. The van der Waals surface area contributed by atoms with Crippen LogP contribution in [0.4, 0.5) is 4.79 Å². The summed E-state index contributed by atoms with van der Waals surface area (Å²) in [6, 6.07) is 6.53. The summed E-state index contributed by atoms with van der Waals surface area (Å²) in [6.45, 7) is 1.96. The normalized spacial score (nSPS) is 10.9. The van der Waals surface area contributed by atoms with E-state index in [0.717, 1.165) is 0 Å². The predicted octanol–water partition coefficient (Wildman–Crippen LogP) is 4.99. The van der Waals surface area contributed by atoms with Gasteiger partial charge in [-0.05, 0) is 31.2 Å². The highest BCUT2D eigenvalue weighted by Gasteiger charge is 2.11. The topological polar surface area (TPSA) is 63.8 Å². The lowest BCUT2D eigenvalue weighted by Crippen LogP contribution is -2.18. The molecular formula is C14H11Cl3N2O3. The van der Waals surface area contributed by atoms with Crippen molar-refractivity contribution in [3.63, 3.8) is 0 Å². The monoisotopic (exact) mass is 360 g/mol. The van der Waals surface area contributed by atoms with Gasteiger partial charge in [-0.1, -0.05) is 34.8 Å². The van der Waals surface area contributed by atoms with E-state index >= 15 is 0 Å². The maximum atomic E-state index is 11.1. The van der Waals surface area contributed by atoms with E-state index in [0.29, 0.717) is 32.2 Å². The summed E-state index contributed by atoms with van der Waals surface area (Å²) in [4.78, 5) is 11.1. The van der Waals surface area contributed by atoms with Gasteiger partial charge in [0.1, 0.15) is 11.5 Å². The number of nitrogens with one attached hydrogen (secondary N) is 1. The SMILES string of the molecule is CCOC(=O)NN=Cc1ccc(-c2cc(Cl)c(Cl)cc2Cl)o1. The molecule has 116 valence electrons. The van der Waals surface area contributed by atoms with Gasteiger partial charge in [0.25, 0.3) is 0 Å². The molecule has 1 aromatic heterocycles. The molecule has 0 fully saturated rings. The summed E-state index contributed by atoms with van der Waals surface area (Å²) < 4.78 is 10.2. The number of benzene rings is 1. The maximum Gasteiger partial charge on any atom is 0.427 e. The number of amides is 1. The zero-order valence-electron chi connectivity index (χ0n) is 11.4. The molecule has 0 saturated carbocycles. The first-order valence-electron chi connectivity index (χ1n) is 6.22. The molecule has 1 amide bonds. The van der Waals surface area contributed by atoms with Crippen LogP contribution in [-0.4, -0.2) is 18.9 Å². The van der Waals surface area contributed by atoms with Crippen LogP contribution in [0.3, 0.4) is 0 Å². The lowest BCUT2D eigenvalue weighted by atomic mass is 10.2. The van der Waals surface area contributed by atoms with Crippen molar-refractivity contribution in [3.8, 4) is 11.3 Å². The first-order chi connectivity index (χ1) is 10.5. The molecule has 2 aromatic rings. The van der Waals surface area contributed by atoms with E-state index < -0.39 is 6.09 Å². The third-order valence-electron chi connectivity index (χ3n) is 2.53. The van der Waals surface area contributed by atoms with Gasteiger partial charge < -0.3 is 9.15 Å². The molecule has 5 nitrogen and oxygen atoms in total. The summed E-state index contributed by atoms with van der Waals surface area (Å²) >= 11 is 18.0. The molecule has 0 unspecified atom stereocenters. The number of hydrogen-bond acceptors (Lipinski definition) is 4. The average molecular weight is 362 g/mol. The second-order valence-corrected chi connectivity index (χ2v) is 5.26. The van der Waals surface area contributed by atoms with Crippen LogP contribution in [0.5, 0.6) is 0 Å². The van der Waals surface area contributed by atoms with Crippen LogP contribution in [0.15, 0.2) is 33.8 Å². The van der Waals surface area contributed by atoms with Crippen LogP contribution in [0.1, 0.15) is 12.7 Å². The van der Waals surface area contributed by atoms with Crippen LogP contribution in [-0.2, 0) is 4.74 Å². The number of ether oxygens (including phenoxy) is 1. The van der Waals surface area contributed by atoms with Crippen molar-refractivity contribution in [2.45, 2.75) is 6.92 Å². The highest BCUT2D eigenvalue weighted by atomic mass is 35.5. The fraction of sp³-hybridized carbons (Fsp3) is 0.143. The third kappa shape index (κ3) is 4.16. The number of rotatable bonds is 4. The zero-order chi connectivity index (χ0) is 16.1. The highest BCUT2D eigenvalue weighted by Crippen LogP contribution is 2.35. The molecule has 1 heterocycles.